The van der Waals surface area contributed by atoms with E-state index in [1.165, 1.54) is 35.4 Å². The second-order valence-corrected chi connectivity index (χ2v) is 9.02. The van der Waals surface area contributed by atoms with E-state index in [0.717, 1.165) is 13.7 Å². The summed E-state index contributed by atoms with van der Waals surface area (Å²) in [5, 5.41) is 2.20. The van der Waals surface area contributed by atoms with Gasteiger partial charge in [-0.1, -0.05) is 0 Å². The lowest BCUT2D eigenvalue weighted by Gasteiger charge is -2.12. The van der Waals surface area contributed by atoms with E-state index in [9.17, 15) is 22.8 Å². The Kier molecular flexibility index (Phi) is 6.12. The number of amides is 1. The quantitative estimate of drug-likeness (QED) is 0.505. The molecule has 0 radical (unpaired) electrons. The standard InChI is InChI=1S/C19H23N5O7S/c1-22-16-15(17(26)24(3)19(27)23(16)2)21-18(22)32(28,29)9-8-14(25)20-12-10-11(30-4)6-7-13(12)31-5/h6-7,10H,8-9H2,1-5H3,(H,20,25). The SMILES string of the molecule is COc1ccc(OC)c(NC(=O)CCS(=O)(=O)c2nc3c(=O)n(C)c(=O)n(C)c3n2C)c1. The Hall–Kier alpha value is -3.61. The molecule has 12 nitrogen and oxygen atoms in total. The number of hydrogen-bond donors (Lipinski definition) is 1. The molecule has 0 unspecified atom stereocenters. The van der Waals surface area contributed by atoms with Gasteiger partial charge < -0.3 is 19.4 Å². The van der Waals surface area contributed by atoms with Crippen LogP contribution in [-0.4, -0.2) is 53.0 Å². The van der Waals surface area contributed by atoms with E-state index < -0.39 is 37.9 Å². The second kappa shape index (κ2) is 8.49. The minimum absolute atomic E-state index is 0.0715. The normalized spacial score (nSPS) is 11.5. The minimum atomic E-state index is -4.06. The van der Waals surface area contributed by atoms with Crippen molar-refractivity contribution < 1.29 is 22.7 Å². The van der Waals surface area contributed by atoms with Crippen LogP contribution in [0.2, 0.25) is 0 Å². The molecule has 0 bridgehead atoms. The average molecular weight is 465 g/mol. The van der Waals surface area contributed by atoms with Crippen molar-refractivity contribution in [3.63, 3.8) is 0 Å². The van der Waals surface area contributed by atoms with Crippen LogP contribution in [0.1, 0.15) is 6.42 Å². The van der Waals surface area contributed by atoms with Gasteiger partial charge in [-0.15, -0.1) is 0 Å². The maximum atomic E-state index is 12.9. The number of benzene rings is 1. The summed E-state index contributed by atoms with van der Waals surface area (Å²) in [5.41, 5.74) is -1.07. The smallest absolute Gasteiger partial charge is 0.332 e. The third-order valence-electron chi connectivity index (χ3n) is 4.98. The van der Waals surface area contributed by atoms with E-state index in [-0.39, 0.29) is 17.6 Å². The second-order valence-electron chi connectivity index (χ2n) is 7.01. The van der Waals surface area contributed by atoms with Gasteiger partial charge in [0.1, 0.15) is 11.5 Å². The van der Waals surface area contributed by atoms with Gasteiger partial charge in [-0.3, -0.25) is 18.7 Å². The largest absolute Gasteiger partial charge is 0.497 e. The van der Waals surface area contributed by atoms with Crippen molar-refractivity contribution in [3.8, 4) is 11.5 Å². The Labute approximate surface area is 182 Å². The highest BCUT2D eigenvalue weighted by Crippen LogP contribution is 2.29. The number of nitrogens with one attached hydrogen (secondary N) is 1. The van der Waals surface area contributed by atoms with Crippen molar-refractivity contribution in [2.45, 2.75) is 11.6 Å². The van der Waals surface area contributed by atoms with Gasteiger partial charge >= 0.3 is 5.69 Å². The van der Waals surface area contributed by atoms with Crippen LogP contribution in [0.3, 0.4) is 0 Å². The Bertz CT molecular complexity index is 1430. The molecule has 0 fully saturated rings. The molecule has 0 saturated carbocycles. The summed E-state index contributed by atoms with van der Waals surface area (Å²) in [6, 6.07) is 4.81. The number of methoxy groups -OCH3 is 2. The van der Waals surface area contributed by atoms with Crippen molar-refractivity contribution in [2.75, 3.05) is 25.3 Å². The van der Waals surface area contributed by atoms with Crippen LogP contribution in [0, 0.1) is 0 Å². The summed E-state index contributed by atoms with van der Waals surface area (Å²) in [6.07, 6.45) is -0.372. The monoisotopic (exact) mass is 465 g/mol. The molecule has 2 aromatic heterocycles. The number of aromatic nitrogens is 4. The van der Waals surface area contributed by atoms with Crippen LogP contribution in [0.5, 0.6) is 11.5 Å². The zero-order valence-corrected chi connectivity index (χ0v) is 19.0. The first-order valence-corrected chi connectivity index (χ1v) is 11.0. The Morgan fingerprint density at radius 3 is 2.38 bits per heavy atom. The van der Waals surface area contributed by atoms with Crippen molar-refractivity contribution in [3.05, 3.63) is 39.0 Å². The third-order valence-corrected chi connectivity index (χ3v) is 6.64. The summed E-state index contributed by atoms with van der Waals surface area (Å²) in [5.74, 6) is -0.256. The van der Waals surface area contributed by atoms with E-state index in [2.05, 4.69) is 10.3 Å². The molecule has 32 heavy (non-hydrogen) atoms. The van der Waals surface area contributed by atoms with Crippen LogP contribution in [0.25, 0.3) is 11.2 Å². The molecule has 3 aromatic rings. The molecule has 0 saturated heterocycles. The van der Waals surface area contributed by atoms with E-state index in [1.54, 1.807) is 18.2 Å². The maximum absolute atomic E-state index is 12.9. The number of anilines is 1. The first kappa shape index (κ1) is 23.1. The van der Waals surface area contributed by atoms with Gasteiger partial charge in [0.15, 0.2) is 11.2 Å². The molecule has 1 aromatic carbocycles. The number of ether oxygens (including phenoxy) is 2. The van der Waals surface area contributed by atoms with E-state index in [0.29, 0.717) is 17.2 Å². The fourth-order valence-electron chi connectivity index (χ4n) is 3.28. The number of sulfone groups is 1. The van der Waals surface area contributed by atoms with Crippen LogP contribution in [0.15, 0.2) is 32.9 Å². The van der Waals surface area contributed by atoms with Gasteiger partial charge in [-0.25, -0.2) is 18.2 Å². The topological polar surface area (TPSA) is 144 Å². The summed E-state index contributed by atoms with van der Waals surface area (Å²) >= 11 is 0. The maximum Gasteiger partial charge on any atom is 0.332 e. The van der Waals surface area contributed by atoms with Crippen molar-refractivity contribution >= 4 is 32.6 Å². The van der Waals surface area contributed by atoms with Crippen LogP contribution >= 0.6 is 0 Å². The van der Waals surface area contributed by atoms with E-state index in [4.69, 9.17) is 9.47 Å². The fourth-order valence-corrected chi connectivity index (χ4v) is 4.65. The number of nitrogens with zero attached hydrogens (tertiary/aromatic N) is 4. The molecule has 0 spiro atoms. The van der Waals surface area contributed by atoms with Gasteiger partial charge in [0, 0.05) is 33.6 Å². The highest BCUT2D eigenvalue weighted by atomic mass is 32.2. The minimum Gasteiger partial charge on any atom is -0.497 e. The summed E-state index contributed by atoms with van der Waals surface area (Å²) in [4.78, 5) is 40.9. The van der Waals surface area contributed by atoms with Crippen LogP contribution in [0.4, 0.5) is 5.69 Å². The Morgan fingerprint density at radius 2 is 1.75 bits per heavy atom. The van der Waals surface area contributed by atoms with Gasteiger partial charge in [0.25, 0.3) is 5.56 Å². The molecule has 0 atom stereocenters. The average Bonchev–Trinajstić information content (AvgIpc) is 3.13. The number of carbonyl (C=O) groups is 1. The molecule has 1 amide bonds. The Morgan fingerprint density at radius 1 is 1.06 bits per heavy atom. The zero-order valence-electron chi connectivity index (χ0n) is 18.2. The van der Waals surface area contributed by atoms with E-state index in [1.807, 2.05) is 0 Å². The number of aryl methyl sites for hydroxylation is 2. The van der Waals surface area contributed by atoms with Crippen molar-refractivity contribution in [1.82, 2.24) is 18.7 Å². The summed E-state index contributed by atoms with van der Waals surface area (Å²) in [7, 11) is 2.94. The lowest BCUT2D eigenvalue weighted by Crippen LogP contribution is -2.37. The number of fused-ring (bicyclic) bond motifs is 1. The molecule has 0 aliphatic carbocycles. The molecule has 3 rings (SSSR count). The summed E-state index contributed by atoms with van der Waals surface area (Å²) < 4.78 is 39.2. The van der Waals surface area contributed by atoms with Gasteiger partial charge in [-0.2, -0.15) is 0 Å². The predicted molar refractivity (Wildman–Crippen MR) is 116 cm³/mol. The van der Waals surface area contributed by atoms with Crippen molar-refractivity contribution in [2.24, 2.45) is 21.1 Å². The summed E-state index contributed by atoms with van der Waals surface area (Å²) in [6.45, 7) is 0. The van der Waals surface area contributed by atoms with Crippen molar-refractivity contribution in [1.29, 1.82) is 0 Å². The number of carbonyl (C=O) groups excluding carboxylic acids is 1. The van der Waals surface area contributed by atoms with Gasteiger partial charge in [-0.05, 0) is 12.1 Å². The third kappa shape index (κ3) is 3.98. The fraction of sp³-hybridized carbons (Fsp3) is 0.368. The van der Waals surface area contributed by atoms with E-state index >= 15 is 0 Å². The van der Waals surface area contributed by atoms with Crippen LogP contribution < -0.4 is 26.0 Å². The highest BCUT2D eigenvalue weighted by Gasteiger charge is 2.26. The lowest BCUT2D eigenvalue weighted by atomic mass is 10.2. The number of imidazole rings is 1. The zero-order chi connectivity index (χ0) is 23.8. The highest BCUT2D eigenvalue weighted by molar-refractivity contribution is 7.91. The number of rotatable bonds is 7. The molecule has 1 N–H and O–H groups in total. The molecule has 172 valence electrons. The molecule has 0 aliphatic rings. The first-order chi connectivity index (χ1) is 15.0. The molecular formula is C19H23N5O7S. The van der Waals surface area contributed by atoms with Gasteiger partial charge in [0.2, 0.25) is 20.9 Å². The molecule has 2 heterocycles. The molecule has 13 heteroatoms. The molecular weight excluding hydrogens is 442 g/mol. The lowest BCUT2D eigenvalue weighted by molar-refractivity contribution is -0.115. The van der Waals surface area contributed by atoms with Crippen LogP contribution in [-0.2, 0) is 35.8 Å². The van der Waals surface area contributed by atoms with Gasteiger partial charge in [0.05, 0.1) is 25.7 Å². The first-order valence-electron chi connectivity index (χ1n) is 9.39. The number of hydrogen-bond acceptors (Lipinski definition) is 8. The Balaban J connectivity index is 1.87. The molecule has 0 aliphatic heterocycles. The predicted octanol–water partition coefficient (Wildman–Crippen LogP) is -0.210.